The normalized spacial score (nSPS) is 16.7. The first kappa shape index (κ1) is 18.4. The third-order valence-corrected chi connectivity index (χ3v) is 6.09. The van der Waals surface area contributed by atoms with E-state index in [1.807, 2.05) is 6.07 Å². The maximum atomic E-state index is 12.4. The first-order valence-electron chi connectivity index (χ1n) is 8.65. The van der Waals surface area contributed by atoms with Crippen molar-refractivity contribution in [2.24, 2.45) is 11.3 Å². The van der Waals surface area contributed by atoms with E-state index in [0.29, 0.717) is 15.5 Å². The van der Waals surface area contributed by atoms with Gasteiger partial charge in [-0.3, -0.25) is 20.4 Å². The van der Waals surface area contributed by atoms with Crippen molar-refractivity contribution in [3.63, 3.8) is 0 Å². The summed E-state index contributed by atoms with van der Waals surface area (Å²) in [5.41, 5.74) is 6.46. The second-order valence-electron chi connectivity index (χ2n) is 7.73. The van der Waals surface area contributed by atoms with E-state index >= 15 is 0 Å². The number of hydrogen-bond acceptors (Lipinski definition) is 4. The van der Waals surface area contributed by atoms with Crippen molar-refractivity contribution >= 4 is 23.2 Å². The number of amides is 2. The number of nitrogens with zero attached hydrogens (tertiary/aromatic N) is 1. The van der Waals surface area contributed by atoms with Gasteiger partial charge in [0.1, 0.15) is 5.56 Å². The maximum Gasteiger partial charge on any atom is 0.279 e. The van der Waals surface area contributed by atoms with Gasteiger partial charge in [0.05, 0.1) is 4.88 Å². The number of rotatable bonds is 2. The van der Waals surface area contributed by atoms with Gasteiger partial charge in [0.25, 0.3) is 11.8 Å². The minimum absolute atomic E-state index is 0.182. The Morgan fingerprint density at radius 2 is 2.00 bits per heavy atom. The summed E-state index contributed by atoms with van der Waals surface area (Å²) in [4.78, 5) is 26.2. The van der Waals surface area contributed by atoms with E-state index in [2.05, 4.69) is 31.6 Å². The van der Waals surface area contributed by atoms with E-state index < -0.39 is 5.91 Å². The fourth-order valence-corrected chi connectivity index (χ4v) is 4.31. The van der Waals surface area contributed by atoms with E-state index in [4.69, 9.17) is 0 Å². The van der Waals surface area contributed by atoms with Gasteiger partial charge in [0.2, 0.25) is 0 Å². The molecule has 26 heavy (non-hydrogen) atoms. The molecule has 2 aromatic rings. The molecular formula is C19H23N3O3S. The molecule has 0 fully saturated rings. The standard InChI is InChI=1S/C19H23N3O3S/c1-19(2,3)14-6-7-15-13(9-14)10-16(26-15)18(24)21-20-17(23)12-5-4-8-22(25)11-12/h4-5,8,10-11,14H,6-7,9H2,1-3H3,(H,20,23)(H,21,24)/t14-/m0/s1. The summed E-state index contributed by atoms with van der Waals surface area (Å²) >= 11 is 1.49. The Hall–Kier alpha value is -2.41. The average molecular weight is 373 g/mol. The Morgan fingerprint density at radius 1 is 1.27 bits per heavy atom. The molecule has 1 aliphatic carbocycles. The van der Waals surface area contributed by atoms with Crippen LogP contribution in [0.15, 0.2) is 30.6 Å². The third kappa shape index (κ3) is 4.04. The number of aromatic nitrogens is 1. The van der Waals surface area contributed by atoms with Gasteiger partial charge in [-0.2, -0.15) is 4.73 Å². The second-order valence-corrected chi connectivity index (χ2v) is 8.86. The zero-order valence-electron chi connectivity index (χ0n) is 15.2. The summed E-state index contributed by atoms with van der Waals surface area (Å²) in [6, 6.07) is 4.92. The Balaban J connectivity index is 1.63. The van der Waals surface area contributed by atoms with Crippen molar-refractivity contribution < 1.29 is 14.3 Å². The zero-order chi connectivity index (χ0) is 18.9. The quantitative estimate of drug-likeness (QED) is 0.482. The average Bonchev–Trinajstić information content (AvgIpc) is 3.02. The number of aryl methyl sites for hydroxylation is 1. The van der Waals surface area contributed by atoms with Gasteiger partial charge in [0.15, 0.2) is 12.4 Å². The summed E-state index contributed by atoms with van der Waals surface area (Å²) in [5, 5.41) is 11.2. The molecule has 2 N–H and O–H groups in total. The molecule has 1 atom stereocenters. The van der Waals surface area contributed by atoms with Gasteiger partial charge >= 0.3 is 0 Å². The molecule has 0 aliphatic heterocycles. The molecular weight excluding hydrogens is 350 g/mol. The van der Waals surface area contributed by atoms with Gasteiger partial charge in [-0.25, -0.2) is 0 Å². The monoisotopic (exact) mass is 373 g/mol. The largest absolute Gasteiger partial charge is 0.619 e. The van der Waals surface area contributed by atoms with Crippen LogP contribution in [0.3, 0.4) is 0 Å². The van der Waals surface area contributed by atoms with Gasteiger partial charge < -0.3 is 5.21 Å². The van der Waals surface area contributed by atoms with Crippen LogP contribution in [0.1, 0.15) is 57.7 Å². The number of hydrazine groups is 1. The molecule has 0 aromatic carbocycles. The minimum Gasteiger partial charge on any atom is -0.619 e. The fraction of sp³-hybridized carbons (Fsp3) is 0.421. The number of hydrogen-bond donors (Lipinski definition) is 2. The zero-order valence-corrected chi connectivity index (χ0v) is 16.0. The van der Waals surface area contributed by atoms with Crippen LogP contribution >= 0.6 is 11.3 Å². The molecule has 2 aromatic heterocycles. The first-order chi connectivity index (χ1) is 12.2. The smallest absolute Gasteiger partial charge is 0.279 e. The molecule has 138 valence electrons. The number of carbonyl (C=O) groups excluding carboxylic acids is 2. The van der Waals surface area contributed by atoms with Crippen molar-refractivity contribution in [2.45, 2.75) is 40.0 Å². The Morgan fingerprint density at radius 3 is 2.69 bits per heavy atom. The molecule has 2 heterocycles. The molecule has 6 nitrogen and oxygen atoms in total. The molecule has 3 rings (SSSR count). The van der Waals surface area contributed by atoms with Crippen molar-refractivity contribution in [1.82, 2.24) is 10.9 Å². The van der Waals surface area contributed by atoms with Crippen LogP contribution in [0.2, 0.25) is 0 Å². The second kappa shape index (κ2) is 7.07. The molecule has 0 saturated heterocycles. The Bertz CT molecular complexity index is 839. The molecule has 0 saturated carbocycles. The molecule has 2 amide bonds. The third-order valence-electron chi connectivity index (χ3n) is 4.86. The molecule has 0 radical (unpaired) electrons. The van der Waals surface area contributed by atoms with Gasteiger partial charge in [-0.1, -0.05) is 20.8 Å². The van der Waals surface area contributed by atoms with Crippen molar-refractivity contribution in [1.29, 1.82) is 0 Å². The highest BCUT2D eigenvalue weighted by atomic mass is 32.1. The number of thiophene rings is 1. The van der Waals surface area contributed by atoms with Crippen LogP contribution in [0.5, 0.6) is 0 Å². The van der Waals surface area contributed by atoms with Gasteiger partial charge in [0, 0.05) is 10.9 Å². The van der Waals surface area contributed by atoms with E-state index in [0.717, 1.165) is 25.5 Å². The molecule has 0 unspecified atom stereocenters. The van der Waals surface area contributed by atoms with Crippen LogP contribution in [-0.4, -0.2) is 11.8 Å². The number of nitrogens with one attached hydrogen (secondary N) is 2. The molecule has 0 bridgehead atoms. The van der Waals surface area contributed by atoms with Gasteiger partial charge in [-0.15, -0.1) is 11.3 Å². The van der Waals surface area contributed by atoms with Crippen LogP contribution in [-0.2, 0) is 12.8 Å². The lowest BCUT2D eigenvalue weighted by Gasteiger charge is -2.33. The van der Waals surface area contributed by atoms with Crippen molar-refractivity contribution in [3.8, 4) is 0 Å². The van der Waals surface area contributed by atoms with E-state index in [-0.39, 0.29) is 16.9 Å². The van der Waals surface area contributed by atoms with Crippen LogP contribution in [0, 0.1) is 16.5 Å². The highest BCUT2D eigenvalue weighted by Crippen LogP contribution is 2.40. The molecule has 0 spiro atoms. The van der Waals surface area contributed by atoms with Crippen LogP contribution in [0.4, 0.5) is 0 Å². The Labute approximate surface area is 156 Å². The summed E-state index contributed by atoms with van der Waals surface area (Å²) in [7, 11) is 0. The lowest BCUT2D eigenvalue weighted by Crippen LogP contribution is -2.42. The van der Waals surface area contributed by atoms with Crippen molar-refractivity contribution in [3.05, 3.63) is 56.7 Å². The summed E-state index contributed by atoms with van der Waals surface area (Å²) < 4.78 is 0.537. The van der Waals surface area contributed by atoms with Gasteiger partial charge in [-0.05, 0) is 48.3 Å². The van der Waals surface area contributed by atoms with Crippen LogP contribution in [0.25, 0.3) is 0 Å². The predicted octanol–water partition coefficient (Wildman–Crippen LogP) is 2.61. The van der Waals surface area contributed by atoms with Crippen molar-refractivity contribution in [2.75, 3.05) is 0 Å². The molecule has 7 heteroatoms. The highest BCUT2D eigenvalue weighted by Gasteiger charge is 2.30. The lowest BCUT2D eigenvalue weighted by molar-refractivity contribution is -0.605. The summed E-state index contributed by atoms with van der Waals surface area (Å²) in [6.07, 6.45) is 5.56. The Kier molecular flexibility index (Phi) is 5.00. The van der Waals surface area contributed by atoms with E-state index in [9.17, 15) is 14.8 Å². The topological polar surface area (TPSA) is 85.1 Å². The number of carbonyl (C=O) groups is 2. The minimum atomic E-state index is -0.530. The fourth-order valence-electron chi connectivity index (χ4n) is 3.21. The number of fused-ring (bicyclic) bond motifs is 1. The molecule has 1 aliphatic rings. The predicted molar refractivity (Wildman–Crippen MR) is 99.6 cm³/mol. The van der Waals surface area contributed by atoms with Crippen LogP contribution < -0.4 is 15.6 Å². The maximum absolute atomic E-state index is 12.4. The number of pyridine rings is 1. The van der Waals surface area contributed by atoms with E-state index in [1.54, 1.807) is 0 Å². The van der Waals surface area contributed by atoms with E-state index in [1.165, 1.54) is 40.1 Å². The SMILES string of the molecule is CC(C)(C)[C@H]1CCc2sc(C(=O)NNC(=O)c3ccc[n+]([O-])c3)cc2C1. The summed E-state index contributed by atoms with van der Waals surface area (Å²) in [6.45, 7) is 6.77. The lowest BCUT2D eigenvalue weighted by atomic mass is 9.72. The summed E-state index contributed by atoms with van der Waals surface area (Å²) in [5.74, 6) is -0.259. The highest BCUT2D eigenvalue weighted by molar-refractivity contribution is 7.14. The first-order valence-corrected chi connectivity index (χ1v) is 9.47.